The molecule has 3 aromatic rings. The van der Waals surface area contributed by atoms with Crippen LogP contribution in [0.1, 0.15) is 12.0 Å². The maximum atomic E-state index is 11.8. The molecular weight excluding hydrogens is 294 g/mol. The van der Waals surface area contributed by atoms with Gasteiger partial charge in [0.1, 0.15) is 0 Å². The van der Waals surface area contributed by atoms with E-state index in [2.05, 4.69) is 10.5 Å². The number of amides is 1. The first-order chi connectivity index (χ1) is 11.2. The minimum atomic E-state index is -0.466. The Kier molecular flexibility index (Phi) is 4.33. The molecule has 0 radical (unpaired) electrons. The lowest BCUT2D eigenvalue weighted by Gasteiger charge is -2.01. The Bertz CT molecular complexity index is 894. The summed E-state index contributed by atoms with van der Waals surface area (Å²) in [7, 11) is 0. The van der Waals surface area contributed by atoms with Crippen LogP contribution in [-0.2, 0) is 11.3 Å². The summed E-state index contributed by atoms with van der Waals surface area (Å²) in [5, 5.41) is 3.89. The van der Waals surface area contributed by atoms with Gasteiger partial charge in [0.25, 0.3) is 0 Å². The number of rotatable bonds is 5. The third-order valence-corrected chi connectivity index (χ3v) is 3.34. The Labute approximate surface area is 132 Å². The normalized spacial score (nSPS) is 11.1. The van der Waals surface area contributed by atoms with Crippen molar-refractivity contribution in [3.05, 3.63) is 70.7 Å². The van der Waals surface area contributed by atoms with Crippen LogP contribution in [-0.4, -0.2) is 16.7 Å². The Balaban J connectivity index is 1.59. The number of hydrogen-bond donors (Lipinski definition) is 1. The van der Waals surface area contributed by atoms with Crippen LogP contribution in [0.5, 0.6) is 0 Å². The fraction of sp³-hybridized carbons (Fsp3) is 0.118. The lowest BCUT2D eigenvalue weighted by atomic mass is 10.2. The molecule has 23 heavy (non-hydrogen) atoms. The van der Waals surface area contributed by atoms with Crippen LogP contribution in [0.2, 0.25) is 0 Å². The number of fused-ring (bicyclic) bond motifs is 1. The van der Waals surface area contributed by atoms with Crippen LogP contribution in [0.15, 0.2) is 68.9 Å². The maximum absolute atomic E-state index is 11.8. The number of carbonyl (C=O) groups is 1. The van der Waals surface area contributed by atoms with E-state index in [1.165, 1.54) is 4.57 Å². The summed E-state index contributed by atoms with van der Waals surface area (Å²) in [4.78, 5) is 23.6. The van der Waals surface area contributed by atoms with Gasteiger partial charge in [0.15, 0.2) is 5.58 Å². The molecule has 1 heterocycles. The maximum Gasteiger partial charge on any atom is 0.419 e. The zero-order chi connectivity index (χ0) is 16.1. The molecule has 1 aromatic heterocycles. The minimum Gasteiger partial charge on any atom is -0.408 e. The molecule has 0 fully saturated rings. The van der Waals surface area contributed by atoms with Crippen molar-refractivity contribution in [2.45, 2.75) is 13.0 Å². The lowest BCUT2D eigenvalue weighted by Crippen LogP contribution is -2.22. The summed E-state index contributed by atoms with van der Waals surface area (Å²) in [5.41, 5.74) is 4.53. The van der Waals surface area contributed by atoms with Crippen LogP contribution < -0.4 is 11.2 Å². The van der Waals surface area contributed by atoms with Gasteiger partial charge in [0.2, 0.25) is 5.91 Å². The van der Waals surface area contributed by atoms with Gasteiger partial charge in [-0.2, -0.15) is 5.10 Å². The summed E-state index contributed by atoms with van der Waals surface area (Å²) in [6.45, 7) is 0.239. The first kappa shape index (κ1) is 14.8. The standard InChI is InChI=1S/C17H15N3O3/c21-16(19-18-12-13-6-2-1-3-7-13)10-11-20-14-8-4-5-9-15(14)23-17(20)22/h1-9,12H,10-11H2,(H,19,21)/b18-12+. The summed E-state index contributed by atoms with van der Waals surface area (Å²) in [5.74, 6) is -0.735. The first-order valence-corrected chi connectivity index (χ1v) is 7.19. The van der Waals surface area contributed by atoms with E-state index in [1.807, 2.05) is 36.4 Å². The van der Waals surface area contributed by atoms with E-state index < -0.39 is 5.76 Å². The highest BCUT2D eigenvalue weighted by Gasteiger charge is 2.09. The summed E-state index contributed by atoms with van der Waals surface area (Å²) in [6.07, 6.45) is 1.70. The summed E-state index contributed by atoms with van der Waals surface area (Å²) >= 11 is 0. The quantitative estimate of drug-likeness (QED) is 0.579. The molecule has 1 N–H and O–H groups in total. The Morgan fingerprint density at radius 2 is 1.87 bits per heavy atom. The van der Waals surface area contributed by atoms with Gasteiger partial charge < -0.3 is 4.42 Å². The minimum absolute atomic E-state index is 0.134. The third-order valence-electron chi connectivity index (χ3n) is 3.34. The zero-order valence-corrected chi connectivity index (χ0v) is 12.3. The van der Waals surface area contributed by atoms with Gasteiger partial charge >= 0.3 is 5.76 Å². The Morgan fingerprint density at radius 3 is 2.70 bits per heavy atom. The van der Waals surface area contributed by atoms with Crippen molar-refractivity contribution in [3.8, 4) is 0 Å². The van der Waals surface area contributed by atoms with Crippen molar-refractivity contribution >= 4 is 23.2 Å². The molecule has 116 valence electrons. The van der Waals surface area contributed by atoms with E-state index >= 15 is 0 Å². The van der Waals surface area contributed by atoms with Gasteiger partial charge in [-0.25, -0.2) is 10.2 Å². The lowest BCUT2D eigenvalue weighted by molar-refractivity contribution is -0.121. The number of hydrazone groups is 1. The molecule has 0 aliphatic rings. The van der Waals surface area contributed by atoms with Gasteiger partial charge in [-0.05, 0) is 17.7 Å². The second-order valence-corrected chi connectivity index (χ2v) is 4.94. The number of benzene rings is 2. The molecule has 1 amide bonds. The molecule has 0 spiro atoms. The zero-order valence-electron chi connectivity index (χ0n) is 12.3. The van der Waals surface area contributed by atoms with E-state index in [0.717, 1.165) is 5.56 Å². The molecule has 0 bridgehead atoms. The molecular formula is C17H15N3O3. The third kappa shape index (κ3) is 3.55. The van der Waals surface area contributed by atoms with E-state index in [9.17, 15) is 9.59 Å². The van der Waals surface area contributed by atoms with Crippen molar-refractivity contribution in [1.29, 1.82) is 0 Å². The molecule has 0 saturated carbocycles. The van der Waals surface area contributed by atoms with Gasteiger partial charge in [-0.15, -0.1) is 0 Å². The van der Waals surface area contributed by atoms with Crippen LogP contribution in [0.25, 0.3) is 11.1 Å². The topological polar surface area (TPSA) is 76.6 Å². The molecule has 0 saturated heterocycles. The largest absolute Gasteiger partial charge is 0.419 e. The molecule has 2 aromatic carbocycles. The molecule has 6 heteroatoms. The predicted molar refractivity (Wildman–Crippen MR) is 87.3 cm³/mol. The SMILES string of the molecule is O=C(CCn1c(=O)oc2ccccc21)N/N=C/c1ccccc1. The molecule has 6 nitrogen and oxygen atoms in total. The van der Waals surface area contributed by atoms with E-state index in [0.29, 0.717) is 11.1 Å². The molecule has 0 aliphatic heterocycles. The Hall–Kier alpha value is -3.15. The summed E-state index contributed by atoms with van der Waals surface area (Å²) < 4.78 is 6.56. The van der Waals surface area contributed by atoms with Crippen LogP contribution in [0.4, 0.5) is 0 Å². The van der Waals surface area contributed by atoms with Crippen LogP contribution in [0, 0.1) is 0 Å². The predicted octanol–water partition coefficient (Wildman–Crippen LogP) is 2.13. The number of nitrogens with zero attached hydrogens (tertiary/aromatic N) is 2. The number of aryl methyl sites for hydroxylation is 1. The average molecular weight is 309 g/mol. The number of oxazole rings is 1. The van der Waals surface area contributed by atoms with Gasteiger partial charge in [0.05, 0.1) is 11.7 Å². The molecule has 3 rings (SSSR count). The fourth-order valence-electron chi connectivity index (χ4n) is 2.21. The van der Waals surface area contributed by atoms with Gasteiger partial charge in [-0.1, -0.05) is 42.5 Å². The summed E-state index contributed by atoms with van der Waals surface area (Å²) in [6, 6.07) is 16.6. The second-order valence-electron chi connectivity index (χ2n) is 4.94. The van der Waals surface area contributed by atoms with Crippen molar-refractivity contribution < 1.29 is 9.21 Å². The smallest absolute Gasteiger partial charge is 0.408 e. The van der Waals surface area contributed by atoms with Crippen LogP contribution >= 0.6 is 0 Å². The monoisotopic (exact) mass is 309 g/mol. The van der Waals surface area contributed by atoms with E-state index in [1.54, 1.807) is 24.4 Å². The second kappa shape index (κ2) is 6.74. The molecule has 0 atom stereocenters. The highest BCUT2D eigenvalue weighted by Crippen LogP contribution is 2.11. The molecule has 0 unspecified atom stereocenters. The van der Waals surface area contributed by atoms with E-state index in [-0.39, 0.29) is 18.9 Å². The van der Waals surface area contributed by atoms with Crippen LogP contribution in [0.3, 0.4) is 0 Å². The number of aromatic nitrogens is 1. The van der Waals surface area contributed by atoms with Gasteiger partial charge in [-0.3, -0.25) is 9.36 Å². The fourth-order valence-corrected chi connectivity index (χ4v) is 2.21. The number of para-hydroxylation sites is 2. The number of hydrogen-bond acceptors (Lipinski definition) is 4. The van der Waals surface area contributed by atoms with Gasteiger partial charge in [0, 0.05) is 13.0 Å². The molecule has 0 aliphatic carbocycles. The van der Waals surface area contributed by atoms with Crippen molar-refractivity contribution in [2.24, 2.45) is 5.10 Å². The van der Waals surface area contributed by atoms with Crippen molar-refractivity contribution in [2.75, 3.05) is 0 Å². The highest BCUT2D eigenvalue weighted by molar-refractivity contribution is 5.82. The Morgan fingerprint density at radius 1 is 1.13 bits per heavy atom. The number of carbonyl (C=O) groups excluding carboxylic acids is 1. The highest BCUT2D eigenvalue weighted by atomic mass is 16.4. The average Bonchev–Trinajstić information content (AvgIpc) is 2.89. The number of nitrogens with one attached hydrogen (secondary N) is 1. The first-order valence-electron chi connectivity index (χ1n) is 7.19. The van der Waals surface area contributed by atoms with Crippen molar-refractivity contribution in [1.82, 2.24) is 9.99 Å². The van der Waals surface area contributed by atoms with Crippen molar-refractivity contribution in [3.63, 3.8) is 0 Å². The van der Waals surface area contributed by atoms with E-state index in [4.69, 9.17) is 4.42 Å².